The van der Waals surface area contributed by atoms with Crippen molar-refractivity contribution in [1.82, 2.24) is 9.84 Å². The summed E-state index contributed by atoms with van der Waals surface area (Å²) in [6, 6.07) is 1.75. The van der Waals surface area contributed by atoms with Crippen molar-refractivity contribution >= 4 is 37.3 Å². The summed E-state index contributed by atoms with van der Waals surface area (Å²) in [4.78, 5) is 2.62. The highest BCUT2D eigenvalue weighted by Gasteiger charge is 2.22. The van der Waals surface area contributed by atoms with Crippen molar-refractivity contribution in [1.29, 1.82) is 0 Å². The van der Waals surface area contributed by atoms with Gasteiger partial charge in [0.15, 0.2) is 0 Å². The van der Waals surface area contributed by atoms with E-state index in [4.69, 9.17) is 0 Å². The molecule has 0 aromatic carbocycles. The lowest BCUT2D eigenvalue weighted by atomic mass is 10.2. The first-order valence-electron chi connectivity index (χ1n) is 5.10. The van der Waals surface area contributed by atoms with Gasteiger partial charge < -0.3 is 0 Å². The molecule has 0 amide bonds. The predicted octanol–water partition coefficient (Wildman–Crippen LogP) is 2.19. The summed E-state index contributed by atoms with van der Waals surface area (Å²) in [6.07, 6.45) is 3.28. The van der Waals surface area contributed by atoms with Gasteiger partial charge in [0.25, 0.3) is 10.0 Å². The number of halogens is 1. The van der Waals surface area contributed by atoms with Crippen LogP contribution in [0.25, 0.3) is 0 Å². The van der Waals surface area contributed by atoms with Crippen molar-refractivity contribution in [3.8, 4) is 0 Å². The van der Waals surface area contributed by atoms with Crippen LogP contribution in [0.1, 0.15) is 19.3 Å². The van der Waals surface area contributed by atoms with E-state index in [2.05, 4.69) is 20.8 Å². The molecule has 2 heterocycles. The van der Waals surface area contributed by atoms with E-state index < -0.39 is 10.0 Å². The summed E-state index contributed by atoms with van der Waals surface area (Å²) in [6.45, 7) is 1.59. The van der Waals surface area contributed by atoms with Crippen molar-refractivity contribution in [3.63, 3.8) is 0 Å². The van der Waals surface area contributed by atoms with Gasteiger partial charge in [-0.05, 0) is 40.2 Å². The summed E-state index contributed by atoms with van der Waals surface area (Å²) in [5.41, 5.74) is 0. The maximum absolute atomic E-state index is 12.0. The van der Waals surface area contributed by atoms with E-state index in [9.17, 15) is 8.42 Å². The monoisotopic (exact) mass is 324 g/mol. The summed E-state index contributed by atoms with van der Waals surface area (Å²) in [5.74, 6) is 0. The molecular weight excluding hydrogens is 312 g/mol. The molecule has 2 rings (SSSR count). The van der Waals surface area contributed by atoms with Gasteiger partial charge in [-0.25, -0.2) is 13.4 Å². The lowest BCUT2D eigenvalue weighted by molar-refractivity contribution is 0.200. The Morgan fingerprint density at radius 2 is 2.00 bits per heavy atom. The third kappa shape index (κ3) is 2.84. The first-order chi connectivity index (χ1) is 7.59. The molecule has 0 atom stereocenters. The molecule has 0 radical (unpaired) electrons. The van der Waals surface area contributed by atoms with Gasteiger partial charge in [0.05, 0.1) is 0 Å². The fraction of sp³-hybridized carbons (Fsp3) is 0.556. The zero-order valence-corrected chi connectivity index (χ0v) is 11.9. The third-order valence-electron chi connectivity index (χ3n) is 2.43. The molecule has 16 heavy (non-hydrogen) atoms. The van der Waals surface area contributed by atoms with Gasteiger partial charge in [-0.15, -0.1) is 16.2 Å². The largest absolute Gasteiger partial charge is 0.264 e. The Bertz CT molecular complexity index is 452. The standard InChI is InChI=1S/C9H13BrN2O2S2/c10-8-4-7-15-9(8)16(13,14)11-12-5-2-1-3-6-12/h4,7,11H,1-3,5-6H2. The molecule has 7 heteroatoms. The normalized spacial score (nSPS) is 18.8. The molecule has 1 aromatic rings. The molecule has 1 aromatic heterocycles. The number of nitrogens with one attached hydrogen (secondary N) is 1. The Morgan fingerprint density at radius 1 is 1.31 bits per heavy atom. The molecule has 0 unspecified atom stereocenters. The molecule has 0 bridgehead atoms. The minimum absolute atomic E-state index is 0.345. The number of sulfonamides is 1. The zero-order valence-electron chi connectivity index (χ0n) is 8.65. The number of thiophene rings is 1. The van der Waals surface area contributed by atoms with Gasteiger partial charge in [0.2, 0.25) is 0 Å². The summed E-state index contributed by atoms with van der Waals surface area (Å²) in [5, 5.41) is 3.54. The van der Waals surface area contributed by atoms with Crippen molar-refractivity contribution in [2.75, 3.05) is 13.1 Å². The molecule has 1 saturated heterocycles. The van der Waals surface area contributed by atoms with Crippen molar-refractivity contribution in [3.05, 3.63) is 15.9 Å². The van der Waals surface area contributed by atoms with Crippen LogP contribution in [0.15, 0.2) is 20.1 Å². The number of hydrogen-bond acceptors (Lipinski definition) is 4. The summed E-state index contributed by atoms with van der Waals surface area (Å²) in [7, 11) is -3.40. The minimum Gasteiger partial charge on any atom is -0.230 e. The van der Waals surface area contributed by atoms with Crippen molar-refractivity contribution in [2.45, 2.75) is 23.5 Å². The van der Waals surface area contributed by atoms with Gasteiger partial charge in [-0.3, -0.25) is 0 Å². The molecule has 1 aliphatic heterocycles. The van der Waals surface area contributed by atoms with E-state index in [-0.39, 0.29) is 0 Å². The Morgan fingerprint density at radius 3 is 2.56 bits per heavy atom. The second-order valence-corrected chi connectivity index (χ2v) is 7.32. The van der Waals surface area contributed by atoms with E-state index >= 15 is 0 Å². The highest BCUT2D eigenvalue weighted by molar-refractivity contribution is 9.10. The molecule has 1 N–H and O–H groups in total. The van der Waals surface area contributed by atoms with Crippen LogP contribution in [0.4, 0.5) is 0 Å². The zero-order chi connectivity index (χ0) is 11.6. The molecule has 0 saturated carbocycles. The van der Waals surface area contributed by atoms with Crippen LogP contribution in [-0.2, 0) is 10.0 Å². The summed E-state index contributed by atoms with van der Waals surface area (Å²) < 4.78 is 25.0. The number of hydrogen-bond donors (Lipinski definition) is 1. The third-order valence-corrected chi connectivity index (χ3v) is 6.48. The van der Waals surface area contributed by atoms with Crippen LogP contribution in [0.5, 0.6) is 0 Å². The van der Waals surface area contributed by atoms with E-state index in [1.165, 1.54) is 17.8 Å². The Labute approximate surface area is 108 Å². The molecular formula is C9H13BrN2O2S2. The number of hydrazine groups is 1. The Balaban J connectivity index is 2.11. The molecule has 1 fully saturated rings. The average Bonchev–Trinajstić information content (AvgIpc) is 2.66. The quantitative estimate of drug-likeness (QED) is 0.927. The number of nitrogens with zero attached hydrogens (tertiary/aromatic N) is 1. The molecule has 0 spiro atoms. The van der Waals surface area contributed by atoms with E-state index in [0.717, 1.165) is 25.9 Å². The smallest absolute Gasteiger partial charge is 0.230 e. The fourth-order valence-electron chi connectivity index (χ4n) is 1.67. The maximum atomic E-state index is 12.0. The minimum atomic E-state index is -3.40. The highest BCUT2D eigenvalue weighted by Crippen LogP contribution is 2.27. The van der Waals surface area contributed by atoms with Crippen LogP contribution in [-0.4, -0.2) is 26.5 Å². The molecule has 1 aliphatic rings. The molecule has 0 aliphatic carbocycles. The van der Waals surface area contributed by atoms with Crippen LogP contribution in [0.3, 0.4) is 0 Å². The SMILES string of the molecule is O=S(=O)(NN1CCCCC1)c1sccc1Br. The van der Waals surface area contributed by atoms with E-state index in [1.807, 2.05) is 0 Å². The second-order valence-electron chi connectivity index (χ2n) is 3.70. The van der Waals surface area contributed by atoms with Gasteiger partial charge in [0.1, 0.15) is 4.21 Å². The van der Waals surface area contributed by atoms with Crippen LogP contribution in [0, 0.1) is 0 Å². The average molecular weight is 325 g/mol. The van der Waals surface area contributed by atoms with E-state index in [0.29, 0.717) is 8.68 Å². The molecule has 4 nitrogen and oxygen atoms in total. The van der Waals surface area contributed by atoms with Gasteiger partial charge in [-0.2, -0.15) is 0 Å². The first kappa shape index (κ1) is 12.5. The topological polar surface area (TPSA) is 49.4 Å². The lowest BCUT2D eigenvalue weighted by Crippen LogP contribution is -2.44. The second kappa shape index (κ2) is 5.14. The van der Waals surface area contributed by atoms with Gasteiger partial charge >= 0.3 is 0 Å². The van der Waals surface area contributed by atoms with E-state index in [1.54, 1.807) is 16.5 Å². The van der Waals surface area contributed by atoms with Crippen LogP contribution < -0.4 is 4.83 Å². The van der Waals surface area contributed by atoms with Crippen molar-refractivity contribution in [2.24, 2.45) is 0 Å². The maximum Gasteiger partial charge on any atom is 0.264 e. The van der Waals surface area contributed by atoms with Gasteiger partial charge in [-0.1, -0.05) is 6.42 Å². The Kier molecular flexibility index (Phi) is 4.01. The predicted molar refractivity (Wildman–Crippen MR) is 67.8 cm³/mol. The van der Waals surface area contributed by atoms with Gasteiger partial charge in [0, 0.05) is 17.6 Å². The first-order valence-corrected chi connectivity index (χ1v) is 8.25. The summed E-state index contributed by atoms with van der Waals surface area (Å²) >= 11 is 4.46. The fourth-order valence-corrected chi connectivity index (χ4v) is 5.12. The van der Waals surface area contributed by atoms with Crippen LogP contribution >= 0.6 is 27.3 Å². The highest BCUT2D eigenvalue weighted by atomic mass is 79.9. The Hall–Kier alpha value is 0.0500. The number of rotatable bonds is 3. The number of piperidine rings is 1. The lowest BCUT2D eigenvalue weighted by Gasteiger charge is -2.26. The molecule has 90 valence electrons. The van der Waals surface area contributed by atoms with Crippen LogP contribution in [0.2, 0.25) is 0 Å². The van der Waals surface area contributed by atoms with Crippen molar-refractivity contribution < 1.29 is 8.42 Å².